The highest BCUT2D eigenvalue weighted by atomic mass is 32.1. The number of benzene rings is 1. The maximum absolute atomic E-state index is 12.5. The second-order valence-corrected chi connectivity index (χ2v) is 6.24. The van der Waals surface area contributed by atoms with Gasteiger partial charge in [0, 0.05) is 6.54 Å². The third-order valence-electron chi connectivity index (χ3n) is 3.97. The molecule has 1 aromatic carbocycles. The lowest BCUT2D eigenvalue weighted by Crippen LogP contribution is -2.31. The summed E-state index contributed by atoms with van der Waals surface area (Å²) in [6.45, 7) is 2.99. The molecule has 2 aromatic rings. The summed E-state index contributed by atoms with van der Waals surface area (Å²) in [6, 6.07) is 10.9. The Morgan fingerprint density at radius 2 is 2.10 bits per heavy atom. The predicted octanol–water partition coefficient (Wildman–Crippen LogP) is 3.96. The number of carbonyl (C=O) groups excluding carboxylic acids is 1. The topological polar surface area (TPSA) is 20.3 Å². The van der Waals surface area contributed by atoms with E-state index in [4.69, 9.17) is 0 Å². The lowest BCUT2D eigenvalue weighted by Gasteiger charge is -2.25. The number of thiophene rings is 1. The molecule has 2 nitrogen and oxygen atoms in total. The van der Waals surface area contributed by atoms with Crippen LogP contribution in [0.2, 0.25) is 0 Å². The molecule has 1 saturated heterocycles. The van der Waals surface area contributed by atoms with Crippen LogP contribution >= 0.6 is 11.3 Å². The molecule has 1 atom stereocenters. The zero-order chi connectivity index (χ0) is 13.9. The number of hydrogen-bond donors (Lipinski definition) is 0. The Morgan fingerprint density at radius 3 is 2.80 bits per heavy atom. The van der Waals surface area contributed by atoms with E-state index in [0.717, 1.165) is 24.9 Å². The zero-order valence-corrected chi connectivity index (χ0v) is 12.5. The van der Waals surface area contributed by atoms with Crippen LogP contribution in [0.25, 0.3) is 0 Å². The molecule has 2 heterocycles. The molecule has 1 aliphatic rings. The quantitative estimate of drug-likeness (QED) is 0.836. The zero-order valence-electron chi connectivity index (χ0n) is 11.7. The standard InChI is InChI=1S/C17H19NOS/c1-13-4-6-15(7-5-13)16-3-2-9-18(16)17(19)11-14-8-10-20-12-14/h4-8,10,12,16H,2-3,9,11H2,1H3/t16-/m1/s1. The minimum Gasteiger partial charge on any atom is -0.335 e. The second-order valence-electron chi connectivity index (χ2n) is 5.46. The van der Waals surface area contributed by atoms with E-state index >= 15 is 0 Å². The van der Waals surface area contributed by atoms with Gasteiger partial charge in [0.2, 0.25) is 5.91 Å². The van der Waals surface area contributed by atoms with Gasteiger partial charge in [0.1, 0.15) is 0 Å². The Bertz CT molecular complexity index is 574. The van der Waals surface area contributed by atoms with Crippen LogP contribution in [0.15, 0.2) is 41.1 Å². The number of likely N-dealkylation sites (tertiary alicyclic amines) is 1. The summed E-state index contributed by atoms with van der Waals surface area (Å²) in [5.41, 5.74) is 3.67. The summed E-state index contributed by atoms with van der Waals surface area (Å²) in [4.78, 5) is 14.6. The summed E-state index contributed by atoms with van der Waals surface area (Å²) in [6.07, 6.45) is 2.72. The van der Waals surface area contributed by atoms with Gasteiger partial charge in [0.05, 0.1) is 12.5 Å². The average molecular weight is 285 g/mol. The SMILES string of the molecule is Cc1ccc([C@H]2CCCN2C(=O)Cc2ccsc2)cc1. The van der Waals surface area contributed by atoms with Crippen molar-refractivity contribution in [1.82, 2.24) is 4.90 Å². The van der Waals surface area contributed by atoms with Crippen molar-refractivity contribution in [2.45, 2.75) is 32.2 Å². The number of rotatable bonds is 3. The van der Waals surface area contributed by atoms with Gasteiger partial charge < -0.3 is 4.90 Å². The highest BCUT2D eigenvalue weighted by Crippen LogP contribution is 2.32. The molecule has 3 heteroatoms. The van der Waals surface area contributed by atoms with E-state index in [0.29, 0.717) is 6.42 Å². The van der Waals surface area contributed by atoms with E-state index in [2.05, 4.69) is 41.5 Å². The van der Waals surface area contributed by atoms with Crippen molar-refractivity contribution in [2.24, 2.45) is 0 Å². The maximum atomic E-state index is 12.5. The van der Waals surface area contributed by atoms with Crippen LogP contribution in [0.5, 0.6) is 0 Å². The number of nitrogens with zero attached hydrogens (tertiary/aromatic N) is 1. The van der Waals surface area contributed by atoms with Crippen molar-refractivity contribution in [2.75, 3.05) is 6.54 Å². The van der Waals surface area contributed by atoms with Crippen molar-refractivity contribution in [3.63, 3.8) is 0 Å². The van der Waals surface area contributed by atoms with Crippen LogP contribution in [-0.2, 0) is 11.2 Å². The average Bonchev–Trinajstić information content (AvgIpc) is 3.10. The van der Waals surface area contributed by atoms with E-state index < -0.39 is 0 Å². The van der Waals surface area contributed by atoms with Crippen LogP contribution < -0.4 is 0 Å². The molecule has 20 heavy (non-hydrogen) atoms. The molecule has 1 fully saturated rings. The minimum atomic E-state index is 0.256. The van der Waals surface area contributed by atoms with Gasteiger partial charge in [-0.1, -0.05) is 29.8 Å². The second kappa shape index (κ2) is 5.80. The van der Waals surface area contributed by atoms with Gasteiger partial charge in [0.15, 0.2) is 0 Å². The monoisotopic (exact) mass is 285 g/mol. The van der Waals surface area contributed by atoms with Crippen LogP contribution in [0.3, 0.4) is 0 Å². The minimum absolute atomic E-state index is 0.256. The summed E-state index contributed by atoms with van der Waals surface area (Å²) >= 11 is 1.65. The van der Waals surface area contributed by atoms with Gasteiger partial charge in [0.25, 0.3) is 0 Å². The third kappa shape index (κ3) is 2.78. The van der Waals surface area contributed by atoms with E-state index in [1.807, 2.05) is 11.4 Å². The highest BCUT2D eigenvalue weighted by Gasteiger charge is 2.29. The van der Waals surface area contributed by atoms with E-state index in [9.17, 15) is 4.79 Å². The number of carbonyl (C=O) groups is 1. The van der Waals surface area contributed by atoms with Gasteiger partial charge >= 0.3 is 0 Å². The summed E-state index contributed by atoms with van der Waals surface area (Å²) in [5, 5.41) is 4.10. The molecule has 0 unspecified atom stereocenters. The molecule has 0 spiro atoms. The van der Waals surface area contributed by atoms with Crippen LogP contribution in [0.4, 0.5) is 0 Å². The number of aryl methyl sites for hydroxylation is 1. The summed E-state index contributed by atoms with van der Waals surface area (Å²) in [7, 11) is 0. The Labute approximate surface area is 124 Å². The third-order valence-corrected chi connectivity index (χ3v) is 4.70. The first kappa shape index (κ1) is 13.4. The summed E-state index contributed by atoms with van der Waals surface area (Å²) in [5.74, 6) is 0.256. The van der Waals surface area contributed by atoms with Crippen LogP contribution in [-0.4, -0.2) is 17.4 Å². The Balaban J connectivity index is 1.75. The molecule has 0 N–H and O–H groups in total. The van der Waals surface area contributed by atoms with E-state index in [1.54, 1.807) is 11.3 Å². The molecule has 3 rings (SSSR count). The smallest absolute Gasteiger partial charge is 0.227 e. The van der Waals surface area contributed by atoms with Crippen molar-refractivity contribution >= 4 is 17.2 Å². The lowest BCUT2D eigenvalue weighted by molar-refractivity contribution is -0.131. The van der Waals surface area contributed by atoms with E-state index in [1.165, 1.54) is 11.1 Å². The molecule has 1 aliphatic heterocycles. The fraction of sp³-hybridized carbons (Fsp3) is 0.353. The van der Waals surface area contributed by atoms with E-state index in [-0.39, 0.29) is 11.9 Å². The van der Waals surface area contributed by atoms with Crippen LogP contribution in [0, 0.1) is 6.92 Å². The molecule has 0 radical (unpaired) electrons. The fourth-order valence-electron chi connectivity index (χ4n) is 2.87. The first-order chi connectivity index (χ1) is 9.74. The van der Waals surface area contributed by atoms with Gasteiger partial charge in [-0.15, -0.1) is 0 Å². The molecule has 1 aromatic heterocycles. The molecular formula is C17H19NOS. The largest absolute Gasteiger partial charge is 0.335 e. The molecule has 0 aliphatic carbocycles. The molecule has 0 saturated carbocycles. The van der Waals surface area contributed by atoms with Gasteiger partial charge in [-0.2, -0.15) is 11.3 Å². The van der Waals surface area contributed by atoms with Gasteiger partial charge in [-0.05, 0) is 47.7 Å². The first-order valence-corrected chi connectivity index (χ1v) is 8.05. The lowest BCUT2D eigenvalue weighted by atomic mass is 10.0. The highest BCUT2D eigenvalue weighted by molar-refractivity contribution is 7.07. The first-order valence-electron chi connectivity index (χ1n) is 7.11. The Kier molecular flexibility index (Phi) is 3.88. The fourth-order valence-corrected chi connectivity index (χ4v) is 3.54. The van der Waals surface area contributed by atoms with Crippen molar-refractivity contribution in [1.29, 1.82) is 0 Å². The normalized spacial score (nSPS) is 18.4. The van der Waals surface area contributed by atoms with Gasteiger partial charge in [-0.3, -0.25) is 4.79 Å². The van der Waals surface area contributed by atoms with Crippen molar-refractivity contribution < 1.29 is 4.79 Å². The Hall–Kier alpha value is -1.61. The number of amides is 1. The predicted molar refractivity (Wildman–Crippen MR) is 82.9 cm³/mol. The Morgan fingerprint density at radius 1 is 1.30 bits per heavy atom. The van der Waals surface area contributed by atoms with Gasteiger partial charge in [-0.25, -0.2) is 0 Å². The molecule has 0 bridgehead atoms. The molecular weight excluding hydrogens is 266 g/mol. The maximum Gasteiger partial charge on any atom is 0.227 e. The van der Waals surface area contributed by atoms with Crippen molar-refractivity contribution in [3.8, 4) is 0 Å². The van der Waals surface area contributed by atoms with Crippen LogP contribution in [0.1, 0.15) is 35.6 Å². The molecule has 1 amide bonds. The number of hydrogen-bond acceptors (Lipinski definition) is 2. The summed E-state index contributed by atoms with van der Waals surface area (Å²) < 4.78 is 0. The van der Waals surface area contributed by atoms with Crippen molar-refractivity contribution in [3.05, 3.63) is 57.8 Å². The molecule has 104 valence electrons.